The van der Waals surface area contributed by atoms with Gasteiger partial charge in [-0.15, -0.1) is 23.1 Å². The molecule has 0 amide bonds. The van der Waals surface area contributed by atoms with Crippen molar-refractivity contribution in [2.45, 2.75) is 43.9 Å². The van der Waals surface area contributed by atoms with Crippen molar-refractivity contribution in [2.75, 3.05) is 0 Å². The topological polar surface area (TPSA) is 59.4 Å². The van der Waals surface area contributed by atoms with Crippen molar-refractivity contribution >= 4 is 45.0 Å². The molecule has 0 aliphatic rings. The summed E-state index contributed by atoms with van der Waals surface area (Å²) in [7, 11) is 0. The lowest BCUT2D eigenvalue weighted by molar-refractivity contribution is -0.145. The van der Waals surface area contributed by atoms with E-state index in [4.69, 9.17) is 9.72 Å². The maximum atomic E-state index is 11.2. The van der Waals surface area contributed by atoms with Crippen molar-refractivity contribution in [1.82, 2.24) is 4.98 Å². The quantitative estimate of drug-likeness (QED) is 0.354. The van der Waals surface area contributed by atoms with Crippen molar-refractivity contribution in [3.05, 3.63) is 63.1 Å². The molecule has 29 heavy (non-hydrogen) atoms. The van der Waals surface area contributed by atoms with Crippen LogP contribution in [0, 0.1) is 13.8 Å². The molecule has 3 aromatic rings. The number of aliphatic carboxylic acids is 1. The number of thioether (sulfide) groups is 1. The summed E-state index contributed by atoms with van der Waals surface area (Å²) in [6.07, 6.45) is -0.388. The van der Waals surface area contributed by atoms with Crippen molar-refractivity contribution in [1.29, 1.82) is 0 Å². The average molecular weight is 492 g/mol. The van der Waals surface area contributed by atoms with E-state index in [1.54, 1.807) is 30.0 Å². The monoisotopic (exact) mass is 491 g/mol. The molecule has 152 valence electrons. The molecule has 1 atom stereocenters. The first kappa shape index (κ1) is 21.9. The largest absolute Gasteiger partial charge is 0.479 e. The van der Waals surface area contributed by atoms with E-state index in [0.29, 0.717) is 12.2 Å². The van der Waals surface area contributed by atoms with Crippen LogP contribution in [0.3, 0.4) is 0 Å². The minimum absolute atomic E-state index is 0.427. The molecule has 4 nitrogen and oxygen atoms in total. The maximum absolute atomic E-state index is 11.2. The fourth-order valence-electron chi connectivity index (χ4n) is 2.73. The number of aryl methyl sites for hydroxylation is 2. The van der Waals surface area contributed by atoms with Crippen molar-refractivity contribution in [2.24, 2.45) is 0 Å². The normalized spacial score (nSPS) is 12.0. The molecular weight excluding hydrogens is 470 g/mol. The molecule has 2 aromatic carbocycles. The summed E-state index contributed by atoms with van der Waals surface area (Å²) >= 11 is 6.93. The first-order chi connectivity index (χ1) is 13.9. The third-order valence-corrected chi connectivity index (χ3v) is 7.35. The van der Waals surface area contributed by atoms with E-state index < -0.39 is 12.1 Å². The number of hydrogen-bond donors (Lipinski definition) is 1. The second-order valence-corrected chi connectivity index (χ2v) is 9.65. The molecule has 0 saturated carbocycles. The molecule has 0 aliphatic heterocycles. The fraction of sp³-hybridized carbons (Fsp3) is 0.273. The van der Waals surface area contributed by atoms with Crippen LogP contribution in [0.1, 0.15) is 29.5 Å². The second-order valence-electron chi connectivity index (χ2n) is 6.60. The van der Waals surface area contributed by atoms with Gasteiger partial charge < -0.3 is 9.84 Å². The highest BCUT2D eigenvalue weighted by Crippen LogP contribution is 2.34. The van der Waals surface area contributed by atoms with Crippen LogP contribution >= 0.6 is 39.0 Å². The van der Waals surface area contributed by atoms with Gasteiger partial charge >= 0.3 is 5.97 Å². The Bertz CT molecular complexity index is 1000. The number of carbonyl (C=O) groups is 1. The maximum Gasteiger partial charge on any atom is 0.344 e. The number of aromatic nitrogens is 1. The zero-order valence-electron chi connectivity index (χ0n) is 16.4. The summed E-state index contributed by atoms with van der Waals surface area (Å²) in [5.41, 5.74) is 3.12. The second kappa shape index (κ2) is 9.78. The number of hydrogen-bond acceptors (Lipinski definition) is 5. The fourth-order valence-corrected chi connectivity index (χ4v) is 5.20. The number of nitrogens with zero attached hydrogens (tertiary/aromatic N) is 1. The van der Waals surface area contributed by atoms with Gasteiger partial charge in [0.2, 0.25) is 0 Å². The van der Waals surface area contributed by atoms with Gasteiger partial charge in [0.15, 0.2) is 6.10 Å². The van der Waals surface area contributed by atoms with Crippen molar-refractivity contribution < 1.29 is 14.6 Å². The van der Waals surface area contributed by atoms with Crippen LogP contribution < -0.4 is 4.74 Å². The van der Waals surface area contributed by atoms with Crippen LogP contribution in [0.4, 0.5) is 0 Å². The molecule has 7 heteroatoms. The zero-order valence-corrected chi connectivity index (χ0v) is 19.7. The summed E-state index contributed by atoms with van der Waals surface area (Å²) in [5, 5.41) is 10.2. The van der Waals surface area contributed by atoms with E-state index in [9.17, 15) is 9.90 Å². The van der Waals surface area contributed by atoms with Gasteiger partial charge in [-0.05, 0) is 56.2 Å². The summed E-state index contributed by atoms with van der Waals surface area (Å²) in [6, 6.07) is 14.1. The SMILES string of the molecule is CCC(Oc1ccc(SCc2sc(-c3ccc(Br)cc3)nc2C)cc1C)C(=O)O. The minimum Gasteiger partial charge on any atom is -0.479 e. The number of ether oxygens (including phenoxy) is 1. The first-order valence-corrected chi connectivity index (χ1v) is 11.8. The Balaban J connectivity index is 1.68. The lowest BCUT2D eigenvalue weighted by Gasteiger charge is -2.15. The standard InChI is InChI=1S/C22H22BrNO3S2/c1-4-18(22(25)26)27-19-10-9-17(11-13(19)2)28-12-20-14(3)24-21(29-20)15-5-7-16(23)8-6-15/h5-11,18H,4,12H2,1-3H3,(H,25,26). The van der Waals surface area contributed by atoms with Gasteiger partial charge in [0.05, 0.1) is 5.69 Å². The number of benzene rings is 2. The average Bonchev–Trinajstić information content (AvgIpc) is 3.06. The van der Waals surface area contributed by atoms with E-state index in [-0.39, 0.29) is 0 Å². The van der Waals surface area contributed by atoms with Crippen LogP contribution in [-0.4, -0.2) is 22.2 Å². The van der Waals surface area contributed by atoms with Crippen LogP contribution in [0.5, 0.6) is 5.75 Å². The summed E-state index contributed by atoms with van der Waals surface area (Å²) in [5.74, 6) is 0.523. The number of rotatable bonds is 8. The van der Waals surface area contributed by atoms with E-state index in [2.05, 4.69) is 28.1 Å². The number of thiazole rings is 1. The molecule has 1 N–H and O–H groups in total. The van der Waals surface area contributed by atoms with Crippen molar-refractivity contribution in [3.8, 4) is 16.3 Å². The molecule has 0 fully saturated rings. The molecule has 1 unspecified atom stereocenters. The van der Waals surface area contributed by atoms with Crippen LogP contribution in [0.25, 0.3) is 10.6 Å². The van der Waals surface area contributed by atoms with Gasteiger partial charge in [0, 0.05) is 25.6 Å². The third kappa shape index (κ3) is 5.62. The molecule has 0 saturated heterocycles. The number of halogens is 1. The molecule has 0 radical (unpaired) electrons. The van der Waals surface area contributed by atoms with Crippen LogP contribution in [0.2, 0.25) is 0 Å². The summed E-state index contributed by atoms with van der Waals surface area (Å²) < 4.78 is 6.69. The Labute approximate surface area is 187 Å². The first-order valence-electron chi connectivity index (χ1n) is 9.22. The molecule has 1 aromatic heterocycles. The van der Waals surface area contributed by atoms with Gasteiger partial charge in [0.25, 0.3) is 0 Å². The van der Waals surface area contributed by atoms with E-state index in [0.717, 1.165) is 36.9 Å². The third-order valence-electron chi connectivity index (χ3n) is 4.42. The van der Waals surface area contributed by atoms with Gasteiger partial charge in [-0.3, -0.25) is 0 Å². The van der Waals surface area contributed by atoms with Crippen molar-refractivity contribution in [3.63, 3.8) is 0 Å². The predicted molar refractivity (Wildman–Crippen MR) is 123 cm³/mol. The lowest BCUT2D eigenvalue weighted by atomic mass is 10.2. The predicted octanol–water partition coefficient (Wildman–Crippen LogP) is 6.72. The number of carboxylic acids is 1. The van der Waals surface area contributed by atoms with Gasteiger partial charge in [-0.25, -0.2) is 9.78 Å². The summed E-state index contributed by atoms with van der Waals surface area (Å²) in [4.78, 5) is 18.3. The van der Waals surface area contributed by atoms with E-state index in [1.807, 2.05) is 44.2 Å². The molecular formula is C22H22BrNO3S2. The van der Waals surface area contributed by atoms with E-state index >= 15 is 0 Å². The van der Waals surface area contributed by atoms with Crippen LogP contribution in [-0.2, 0) is 10.5 Å². The smallest absolute Gasteiger partial charge is 0.344 e. The lowest BCUT2D eigenvalue weighted by Crippen LogP contribution is -2.26. The highest BCUT2D eigenvalue weighted by Gasteiger charge is 2.18. The van der Waals surface area contributed by atoms with Gasteiger partial charge in [0.1, 0.15) is 10.8 Å². The molecule has 0 bridgehead atoms. The van der Waals surface area contributed by atoms with E-state index in [1.165, 1.54) is 4.88 Å². The van der Waals surface area contributed by atoms with Gasteiger partial charge in [-0.2, -0.15) is 0 Å². The summed E-state index contributed by atoms with van der Waals surface area (Å²) in [6.45, 7) is 5.80. The molecule has 0 spiro atoms. The number of carboxylic acid groups (broad SMARTS) is 1. The Morgan fingerprint density at radius 3 is 2.59 bits per heavy atom. The zero-order chi connectivity index (χ0) is 21.0. The Morgan fingerprint density at radius 2 is 1.97 bits per heavy atom. The Morgan fingerprint density at radius 1 is 1.24 bits per heavy atom. The Kier molecular flexibility index (Phi) is 7.38. The Hall–Kier alpha value is -1.83. The highest BCUT2D eigenvalue weighted by atomic mass is 79.9. The molecule has 3 rings (SSSR count). The highest BCUT2D eigenvalue weighted by molar-refractivity contribution is 9.10. The molecule has 1 heterocycles. The minimum atomic E-state index is -0.937. The van der Waals surface area contributed by atoms with Gasteiger partial charge in [-0.1, -0.05) is 35.0 Å². The molecule has 0 aliphatic carbocycles. The van der Waals surface area contributed by atoms with Crippen LogP contribution in [0.15, 0.2) is 51.8 Å².